The van der Waals surface area contributed by atoms with E-state index >= 15 is 0 Å². The average Bonchev–Trinajstić information content (AvgIpc) is 2.33. The normalized spacial score (nSPS) is 22.5. The molecule has 0 saturated heterocycles. The van der Waals surface area contributed by atoms with Gasteiger partial charge in [-0.15, -0.1) is 12.4 Å². The van der Waals surface area contributed by atoms with Crippen molar-refractivity contribution in [3.63, 3.8) is 0 Å². The van der Waals surface area contributed by atoms with Crippen LogP contribution in [0.2, 0.25) is 0 Å². The number of amides is 2. The molecule has 5 nitrogen and oxygen atoms in total. The first-order valence-electron chi connectivity index (χ1n) is 6.81. The second kappa shape index (κ2) is 9.15. The fraction of sp³-hybridized carbons (Fsp3) is 0.846. The Bertz CT molecular complexity index is 298. The number of hydrogen-bond acceptors (Lipinski definition) is 3. The number of carbonyl (C=O) groups excluding carboxylic acids is 2. The van der Waals surface area contributed by atoms with Crippen molar-refractivity contribution >= 4 is 24.2 Å². The first-order valence-corrected chi connectivity index (χ1v) is 6.81. The highest BCUT2D eigenvalue weighted by Crippen LogP contribution is 2.22. The molecule has 1 fully saturated rings. The van der Waals surface area contributed by atoms with Crippen molar-refractivity contribution < 1.29 is 9.59 Å². The van der Waals surface area contributed by atoms with Crippen molar-refractivity contribution in [3.05, 3.63) is 0 Å². The Labute approximate surface area is 121 Å². The lowest BCUT2D eigenvalue weighted by atomic mass is 9.85. The monoisotopic (exact) mass is 291 g/mol. The molecule has 6 heteroatoms. The molecule has 0 aromatic rings. The standard InChI is InChI=1S/C13H25N3O2.ClH/c1-9(2)12(17)15-6-7-16-13(18)10-4-3-5-11(14)8-10;/h9-11H,3-8,14H2,1-2H3,(H,15,17)(H,16,18);1H. The van der Waals surface area contributed by atoms with Gasteiger partial charge in [0.15, 0.2) is 0 Å². The van der Waals surface area contributed by atoms with Crippen molar-refractivity contribution in [2.45, 2.75) is 45.6 Å². The van der Waals surface area contributed by atoms with Crippen LogP contribution in [0.25, 0.3) is 0 Å². The summed E-state index contributed by atoms with van der Waals surface area (Å²) >= 11 is 0. The van der Waals surface area contributed by atoms with Crippen molar-refractivity contribution in [3.8, 4) is 0 Å². The van der Waals surface area contributed by atoms with Gasteiger partial charge in [0.1, 0.15) is 0 Å². The van der Waals surface area contributed by atoms with Gasteiger partial charge in [-0.2, -0.15) is 0 Å². The molecule has 2 unspecified atom stereocenters. The molecule has 2 atom stereocenters. The maximum absolute atomic E-state index is 11.8. The number of carbonyl (C=O) groups is 2. The predicted octanol–water partition coefficient (Wildman–Crippen LogP) is 0.814. The molecule has 1 rings (SSSR count). The summed E-state index contributed by atoms with van der Waals surface area (Å²) in [5, 5.41) is 5.63. The fourth-order valence-corrected chi connectivity index (χ4v) is 2.19. The molecule has 0 bridgehead atoms. The molecular weight excluding hydrogens is 266 g/mol. The molecule has 2 amide bonds. The minimum atomic E-state index is -0.0166. The molecule has 0 aliphatic heterocycles. The lowest BCUT2D eigenvalue weighted by Crippen LogP contribution is -2.41. The minimum absolute atomic E-state index is 0. The number of hydrogen-bond donors (Lipinski definition) is 3. The minimum Gasteiger partial charge on any atom is -0.354 e. The van der Waals surface area contributed by atoms with Crippen molar-refractivity contribution in [2.75, 3.05) is 13.1 Å². The van der Waals surface area contributed by atoms with Crippen LogP contribution in [0.5, 0.6) is 0 Å². The Hall–Kier alpha value is -0.810. The summed E-state index contributed by atoms with van der Waals surface area (Å²) < 4.78 is 0. The predicted molar refractivity (Wildman–Crippen MR) is 78.0 cm³/mol. The van der Waals surface area contributed by atoms with Gasteiger partial charge >= 0.3 is 0 Å². The summed E-state index contributed by atoms with van der Waals surface area (Å²) in [7, 11) is 0. The summed E-state index contributed by atoms with van der Waals surface area (Å²) in [4.78, 5) is 23.1. The molecule has 0 aromatic heterocycles. The molecule has 0 spiro atoms. The van der Waals surface area contributed by atoms with Crippen molar-refractivity contribution in [1.82, 2.24) is 10.6 Å². The van der Waals surface area contributed by atoms with Crippen LogP contribution in [-0.4, -0.2) is 30.9 Å². The Balaban J connectivity index is 0.00000324. The summed E-state index contributed by atoms with van der Waals surface area (Å²) in [5.41, 5.74) is 5.85. The van der Waals surface area contributed by atoms with E-state index in [1.807, 2.05) is 13.8 Å². The van der Waals surface area contributed by atoms with Crippen LogP contribution in [0.15, 0.2) is 0 Å². The van der Waals surface area contributed by atoms with Gasteiger partial charge in [0.2, 0.25) is 11.8 Å². The van der Waals surface area contributed by atoms with Gasteiger partial charge in [0.25, 0.3) is 0 Å². The second-order valence-corrected chi connectivity index (χ2v) is 5.36. The van der Waals surface area contributed by atoms with Crippen LogP contribution in [-0.2, 0) is 9.59 Å². The zero-order valence-corrected chi connectivity index (χ0v) is 12.6. The third-order valence-electron chi connectivity index (χ3n) is 3.33. The van der Waals surface area contributed by atoms with E-state index in [9.17, 15) is 9.59 Å². The molecule has 0 aromatic carbocycles. The maximum atomic E-state index is 11.8. The SMILES string of the molecule is CC(C)C(=O)NCCNC(=O)C1CCCC(N)C1.Cl. The number of nitrogens with one attached hydrogen (secondary N) is 2. The number of halogens is 1. The molecule has 112 valence electrons. The van der Waals surface area contributed by atoms with Crippen LogP contribution in [0.1, 0.15) is 39.5 Å². The van der Waals surface area contributed by atoms with Gasteiger partial charge in [-0.1, -0.05) is 20.3 Å². The Morgan fingerprint density at radius 2 is 1.84 bits per heavy atom. The van der Waals surface area contributed by atoms with Crippen molar-refractivity contribution in [1.29, 1.82) is 0 Å². The smallest absolute Gasteiger partial charge is 0.223 e. The summed E-state index contributed by atoms with van der Waals surface area (Å²) in [6, 6.07) is 0.162. The maximum Gasteiger partial charge on any atom is 0.223 e. The third-order valence-corrected chi connectivity index (χ3v) is 3.33. The van der Waals surface area contributed by atoms with Crippen molar-refractivity contribution in [2.24, 2.45) is 17.6 Å². The van der Waals surface area contributed by atoms with E-state index in [4.69, 9.17) is 5.73 Å². The van der Waals surface area contributed by atoms with E-state index in [0.29, 0.717) is 13.1 Å². The Kier molecular flexibility index (Phi) is 8.76. The molecule has 19 heavy (non-hydrogen) atoms. The highest BCUT2D eigenvalue weighted by Gasteiger charge is 2.24. The molecule has 1 aliphatic rings. The molecule has 1 saturated carbocycles. The van der Waals surface area contributed by atoms with Gasteiger partial charge in [0.05, 0.1) is 0 Å². The van der Waals surface area contributed by atoms with Gasteiger partial charge in [-0.05, 0) is 19.3 Å². The van der Waals surface area contributed by atoms with E-state index < -0.39 is 0 Å². The first kappa shape index (κ1) is 18.2. The quantitative estimate of drug-likeness (QED) is 0.656. The second-order valence-electron chi connectivity index (χ2n) is 5.36. The molecule has 1 aliphatic carbocycles. The number of nitrogens with two attached hydrogens (primary N) is 1. The van der Waals surface area contributed by atoms with E-state index in [2.05, 4.69) is 10.6 Å². The highest BCUT2D eigenvalue weighted by atomic mass is 35.5. The van der Waals surface area contributed by atoms with Crippen LogP contribution < -0.4 is 16.4 Å². The lowest BCUT2D eigenvalue weighted by Gasteiger charge is -2.25. The largest absolute Gasteiger partial charge is 0.354 e. The van der Waals surface area contributed by atoms with Crippen LogP contribution in [0, 0.1) is 11.8 Å². The zero-order valence-electron chi connectivity index (χ0n) is 11.8. The number of rotatable bonds is 5. The fourth-order valence-electron chi connectivity index (χ4n) is 2.19. The van der Waals surface area contributed by atoms with E-state index in [1.165, 1.54) is 0 Å². The van der Waals surface area contributed by atoms with E-state index in [-0.39, 0.29) is 42.1 Å². The Morgan fingerprint density at radius 3 is 2.42 bits per heavy atom. The zero-order chi connectivity index (χ0) is 13.5. The molecule has 0 radical (unpaired) electrons. The summed E-state index contributed by atoms with van der Waals surface area (Å²) in [6.45, 7) is 4.67. The Morgan fingerprint density at radius 1 is 1.21 bits per heavy atom. The first-order chi connectivity index (χ1) is 8.50. The molecule has 0 heterocycles. The van der Waals surface area contributed by atoms with Crippen LogP contribution >= 0.6 is 12.4 Å². The van der Waals surface area contributed by atoms with Gasteiger partial charge in [0, 0.05) is 31.0 Å². The van der Waals surface area contributed by atoms with E-state index in [0.717, 1.165) is 25.7 Å². The van der Waals surface area contributed by atoms with Gasteiger partial charge < -0.3 is 16.4 Å². The molecule has 4 N–H and O–H groups in total. The van der Waals surface area contributed by atoms with Crippen LogP contribution in [0.3, 0.4) is 0 Å². The average molecular weight is 292 g/mol. The van der Waals surface area contributed by atoms with E-state index in [1.54, 1.807) is 0 Å². The summed E-state index contributed by atoms with van der Waals surface area (Å²) in [6.07, 6.45) is 3.76. The van der Waals surface area contributed by atoms with Gasteiger partial charge in [-0.25, -0.2) is 0 Å². The third kappa shape index (κ3) is 6.78. The highest BCUT2D eigenvalue weighted by molar-refractivity contribution is 5.85. The molecular formula is C13H26ClN3O2. The summed E-state index contributed by atoms with van der Waals surface area (Å²) in [5.74, 6) is 0.125. The van der Waals surface area contributed by atoms with Gasteiger partial charge in [-0.3, -0.25) is 9.59 Å². The van der Waals surface area contributed by atoms with Crippen LogP contribution in [0.4, 0.5) is 0 Å². The topological polar surface area (TPSA) is 84.2 Å². The lowest BCUT2D eigenvalue weighted by molar-refractivity contribution is -0.127.